The Balaban J connectivity index is 2.73. The first kappa shape index (κ1) is 16.5. The van der Waals surface area contributed by atoms with E-state index in [-0.39, 0.29) is 0 Å². The second kappa shape index (κ2) is 6.27. The zero-order chi connectivity index (χ0) is 15.5. The number of aryl methyl sites for hydroxylation is 1. The van der Waals surface area contributed by atoms with Gasteiger partial charge in [-0.15, -0.1) is 0 Å². The molecule has 0 heterocycles. The summed E-state index contributed by atoms with van der Waals surface area (Å²) in [5.41, 5.74) is 0.719. The van der Waals surface area contributed by atoms with Crippen molar-refractivity contribution in [2.24, 2.45) is 0 Å². The summed E-state index contributed by atoms with van der Waals surface area (Å²) >= 11 is 6.02. The van der Waals surface area contributed by atoms with E-state index < -0.39 is 23.5 Å². The highest BCUT2D eigenvalue weighted by atomic mass is 35.5. The number of hydrogen-bond acceptors (Lipinski definition) is 3. The Hall–Kier alpha value is -1.55. The Morgan fingerprint density at radius 2 is 1.90 bits per heavy atom. The van der Waals surface area contributed by atoms with Gasteiger partial charge in [0.25, 0.3) is 5.91 Å². The van der Waals surface area contributed by atoms with Crippen LogP contribution in [0.1, 0.15) is 43.6 Å². The smallest absolute Gasteiger partial charge is 0.328 e. The summed E-state index contributed by atoms with van der Waals surface area (Å²) in [5, 5.41) is 2.94. The molecule has 0 saturated heterocycles. The first-order valence-corrected chi connectivity index (χ1v) is 6.78. The lowest BCUT2D eigenvalue weighted by atomic mass is 10.1. The lowest BCUT2D eigenvalue weighted by molar-refractivity contribution is -0.156. The number of benzene rings is 1. The maximum Gasteiger partial charge on any atom is 0.328 e. The fourth-order valence-electron chi connectivity index (χ4n) is 1.53. The van der Waals surface area contributed by atoms with E-state index in [4.69, 9.17) is 16.3 Å². The highest BCUT2D eigenvalue weighted by Crippen LogP contribution is 2.17. The number of amides is 1. The van der Waals surface area contributed by atoms with Gasteiger partial charge in [0.1, 0.15) is 11.6 Å². The monoisotopic (exact) mass is 297 g/mol. The number of nitrogens with one attached hydrogen (secondary N) is 1. The molecule has 1 rings (SSSR count). The molecule has 0 fully saturated rings. The molecule has 1 atom stereocenters. The molecule has 0 unspecified atom stereocenters. The van der Waals surface area contributed by atoms with E-state index in [0.29, 0.717) is 10.6 Å². The Morgan fingerprint density at radius 1 is 1.30 bits per heavy atom. The quantitative estimate of drug-likeness (QED) is 0.872. The van der Waals surface area contributed by atoms with Crippen LogP contribution in [0.5, 0.6) is 0 Å². The van der Waals surface area contributed by atoms with Crippen LogP contribution in [0.2, 0.25) is 5.02 Å². The van der Waals surface area contributed by atoms with E-state index in [1.165, 1.54) is 0 Å². The van der Waals surface area contributed by atoms with Crippen molar-refractivity contribution in [1.82, 2.24) is 5.32 Å². The van der Waals surface area contributed by atoms with Crippen LogP contribution < -0.4 is 5.32 Å². The number of esters is 1. The summed E-state index contributed by atoms with van der Waals surface area (Å²) in [7, 11) is 0. The first-order chi connectivity index (χ1) is 9.10. The molecule has 0 bridgehead atoms. The second-order valence-corrected chi connectivity index (χ2v) is 6.12. The Bertz CT molecular complexity index is 520. The zero-order valence-electron chi connectivity index (χ0n) is 12.4. The maximum atomic E-state index is 12.1. The standard InChI is InChI=1S/C15H20ClNO3/c1-9-6-7-11(12(16)8-9)13(18)17-10(2)14(19)20-15(3,4)5/h6-8,10H,1-5H3,(H,17,18)/t10-/m1/s1. The van der Waals surface area contributed by atoms with Crippen molar-refractivity contribution in [3.63, 3.8) is 0 Å². The molecule has 4 nitrogen and oxygen atoms in total. The lowest BCUT2D eigenvalue weighted by Crippen LogP contribution is -2.42. The molecule has 1 amide bonds. The number of carbonyl (C=O) groups excluding carboxylic acids is 2. The normalized spacial score (nSPS) is 12.7. The van der Waals surface area contributed by atoms with Gasteiger partial charge in [-0.3, -0.25) is 4.79 Å². The minimum atomic E-state index is -0.737. The van der Waals surface area contributed by atoms with Crippen molar-refractivity contribution >= 4 is 23.5 Å². The molecule has 0 saturated carbocycles. The van der Waals surface area contributed by atoms with Crippen LogP contribution in [0.3, 0.4) is 0 Å². The predicted octanol–water partition coefficient (Wildman–Crippen LogP) is 3.11. The third-order valence-electron chi connectivity index (χ3n) is 2.48. The average molecular weight is 298 g/mol. The molecule has 1 aromatic carbocycles. The third kappa shape index (κ3) is 4.85. The minimum Gasteiger partial charge on any atom is -0.458 e. The van der Waals surface area contributed by atoms with Gasteiger partial charge in [-0.1, -0.05) is 17.7 Å². The molecule has 0 aliphatic rings. The molecule has 0 radical (unpaired) electrons. The number of halogens is 1. The van der Waals surface area contributed by atoms with Gasteiger partial charge in [0, 0.05) is 0 Å². The van der Waals surface area contributed by atoms with Gasteiger partial charge in [0.15, 0.2) is 0 Å². The first-order valence-electron chi connectivity index (χ1n) is 6.40. The lowest BCUT2D eigenvalue weighted by Gasteiger charge is -2.22. The van der Waals surface area contributed by atoms with Crippen molar-refractivity contribution in [3.05, 3.63) is 34.3 Å². The summed E-state index contributed by atoms with van der Waals surface area (Å²) in [6.07, 6.45) is 0. The van der Waals surface area contributed by atoms with Crippen LogP contribution in [-0.2, 0) is 9.53 Å². The van der Waals surface area contributed by atoms with Gasteiger partial charge < -0.3 is 10.1 Å². The van der Waals surface area contributed by atoms with Crippen LogP contribution in [0.25, 0.3) is 0 Å². The van der Waals surface area contributed by atoms with E-state index in [2.05, 4.69) is 5.32 Å². The van der Waals surface area contributed by atoms with E-state index in [9.17, 15) is 9.59 Å². The summed E-state index contributed by atoms with van der Waals surface area (Å²) in [5.74, 6) is -0.873. The molecule has 20 heavy (non-hydrogen) atoms. The topological polar surface area (TPSA) is 55.4 Å². The molecule has 5 heteroatoms. The van der Waals surface area contributed by atoms with Crippen LogP contribution in [0, 0.1) is 6.92 Å². The molecule has 110 valence electrons. The minimum absolute atomic E-state index is 0.340. The van der Waals surface area contributed by atoms with Crippen molar-refractivity contribution in [3.8, 4) is 0 Å². The fraction of sp³-hybridized carbons (Fsp3) is 0.467. The van der Waals surface area contributed by atoms with Crippen LogP contribution in [0.4, 0.5) is 0 Å². The summed E-state index contributed by atoms with van der Waals surface area (Å²) in [6.45, 7) is 8.79. The van der Waals surface area contributed by atoms with Crippen molar-refractivity contribution < 1.29 is 14.3 Å². The van der Waals surface area contributed by atoms with Gasteiger partial charge in [-0.25, -0.2) is 4.79 Å². The van der Waals surface area contributed by atoms with Gasteiger partial charge >= 0.3 is 5.97 Å². The van der Waals surface area contributed by atoms with Crippen LogP contribution in [0.15, 0.2) is 18.2 Å². The Labute approximate surface area is 124 Å². The molecule has 1 aromatic rings. The fourth-order valence-corrected chi connectivity index (χ4v) is 1.85. The SMILES string of the molecule is Cc1ccc(C(=O)N[C@H](C)C(=O)OC(C)(C)C)c(Cl)c1. The largest absolute Gasteiger partial charge is 0.458 e. The van der Waals surface area contributed by atoms with Crippen LogP contribution in [-0.4, -0.2) is 23.5 Å². The molecular formula is C15H20ClNO3. The van der Waals surface area contributed by atoms with E-state index >= 15 is 0 Å². The number of carbonyl (C=O) groups is 2. The van der Waals surface area contributed by atoms with E-state index in [1.807, 2.05) is 6.92 Å². The zero-order valence-corrected chi connectivity index (χ0v) is 13.2. The molecule has 0 spiro atoms. The molecule has 1 N–H and O–H groups in total. The van der Waals surface area contributed by atoms with Crippen LogP contribution >= 0.6 is 11.6 Å². The number of ether oxygens (including phenoxy) is 1. The highest BCUT2D eigenvalue weighted by molar-refractivity contribution is 6.33. The Kier molecular flexibility index (Phi) is 5.17. The van der Waals surface area contributed by atoms with Gasteiger partial charge in [-0.05, 0) is 52.3 Å². The van der Waals surface area contributed by atoms with Gasteiger partial charge in [-0.2, -0.15) is 0 Å². The maximum absolute atomic E-state index is 12.1. The highest BCUT2D eigenvalue weighted by Gasteiger charge is 2.23. The van der Waals surface area contributed by atoms with Gasteiger partial charge in [0.05, 0.1) is 10.6 Å². The number of hydrogen-bond donors (Lipinski definition) is 1. The Morgan fingerprint density at radius 3 is 2.40 bits per heavy atom. The summed E-state index contributed by atoms with van der Waals surface area (Å²) < 4.78 is 5.20. The molecule has 0 aliphatic carbocycles. The van der Waals surface area contributed by atoms with E-state index in [1.54, 1.807) is 45.9 Å². The van der Waals surface area contributed by atoms with Crippen molar-refractivity contribution in [1.29, 1.82) is 0 Å². The molecule has 0 aliphatic heterocycles. The predicted molar refractivity (Wildman–Crippen MR) is 79.0 cm³/mol. The summed E-state index contributed by atoms with van der Waals surface area (Å²) in [6, 6.07) is 4.39. The second-order valence-electron chi connectivity index (χ2n) is 5.71. The van der Waals surface area contributed by atoms with Gasteiger partial charge in [0.2, 0.25) is 0 Å². The molecule has 0 aromatic heterocycles. The van der Waals surface area contributed by atoms with E-state index in [0.717, 1.165) is 5.56 Å². The third-order valence-corrected chi connectivity index (χ3v) is 2.79. The van der Waals surface area contributed by atoms with Crippen molar-refractivity contribution in [2.75, 3.05) is 0 Å². The summed E-state index contributed by atoms with van der Waals surface area (Å²) in [4.78, 5) is 23.8. The number of rotatable bonds is 3. The van der Waals surface area contributed by atoms with Crippen molar-refractivity contribution in [2.45, 2.75) is 46.3 Å². The average Bonchev–Trinajstić information content (AvgIpc) is 2.26. The molecular weight excluding hydrogens is 278 g/mol.